The van der Waals surface area contributed by atoms with Crippen molar-refractivity contribution < 1.29 is 13.9 Å². The molecule has 0 atom stereocenters. The summed E-state index contributed by atoms with van der Waals surface area (Å²) in [6.45, 7) is 3.36. The molecule has 0 saturated carbocycles. The molecule has 2 aliphatic rings. The first-order chi connectivity index (χ1) is 6.10. The first-order valence-corrected chi connectivity index (χ1v) is 4.78. The van der Waals surface area contributed by atoms with Crippen LogP contribution >= 0.6 is 0 Å². The zero-order valence-electron chi connectivity index (χ0n) is 8.12. The van der Waals surface area contributed by atoms with Gasteiger partial charge in [-0.1, -0.05) is 0 Å². The standard InChI is InChI=1S/C8H15BFNO2/c1-6-12-7(13-6)8(10)2-4-11(9)5-3-8/h6-7H,2-5,9H2,1H3. The topological polar surface area (TPSA) is 21.7 Å². The van der Waals surface area contributed by atoms with Gasteiger partial charge in [-0.15, -0.1) is 0 Å². The normalized spacial score (nSPS) is 39.8. The number of hydrogen-bond donors (Lipinski definition) is 0. The fourth-order valence-corrected chi connectivity index (χ4v) is 1.83. The average Bonchev–Trinajstić information content (AvgIpc) is 2.05. The lowest BCUT2D eigenvalue weighted by molar-refractivity contribution is -0.412. The van der Waals surface area contributed by atoms with Crippen LogP contribution in [0.3, 0.4) is 0 Å². The van der Waals surface area contributed by atoms with Gasteiger partial charge in [0.1, 0.15) is 0 Å². The molecule has 0 bridgehead atoms. The van der Waals surface area contributed by atoms with Crippen molar-refractivity contribution in [2.24, 2.45) is 0 Å². The van der Waals surface area contributed by atoms with Gasteiger partial charge < -0.3 is 14.3 Å². The molecule has 74 valence electrons. The molecule has 0 N–H and O–H groups in total. The first kappa shape index (κ1) is 9.43. The highest BCUT2D eigenvalue weighted by atomic mass is 19.1. The molecule has 2 rings (SSSR count). The van der Waals surface area contributed by atoms with Crippen LogP contribution in [-0.4, -0.2) is 44.1 Å². The van der Waals surface area contributed by atoms with Crippen molar-refractivity contribution in [3.63, 3.8) is 0 Å². The lowest BCUT2D eigenvalue weighted by Gasteiger charge is -2.45. The summed E-state index contributed by atoms with van der Waals surface area (Å²) in [5.41, 5.74) is -1.25. The fraction of sp³-hybridized carbons (Fsp3) is 1.00. The Kier molecular flexibility index (Phi) is 2.34. The Morgan fingerprint density at radius 3 is 2.38 bits per heavy atom. The Bertz CT molecular complexity index is 191. The van der Waals surface area contributed by atoms with Crippen molar-refractivity contribution in [1.82, 2.24) is 4.81 Å². The smallest absolute Gasteiger partial charge is 0.197 e. The number of alkyl halides is 1. The molecule has 0 aromatic heterocycles. The van der Waals surface area contributed by atoms with Crippen molar-refractivity contribution >= 4 is 7.98 Å². The van der Waals surface area contributed by atoms with E-state index in [1.54, 1.807) is 6.92 Å². The summed E-state index contributed by atoms with van der Waals surface area (Å²) in [6.07, 6.45) is 0.190. The summed E-state index contributed by atoms with van der Waals surface area (Å²) in [7, 11) is 2.00. The lowest BCUT2D eigenvalue weighted by atomic mass is 9.90. The summed E-state index contributed by atoms with van der Waals surface area (Å²) in [5.74, 6) is 0. The van der Waals surface area contributed by atoms with E-state index >= 15 is 0 Å². The number of halogens is 1. The molecule has 0 amide bonds. The zero-order valence-corrected chi connectivity index (χ0v) is 8.12. The van der Waals surface area contributed by atoms with E-state index in [9.17, 15) is 4.39 Å². The van der Waals surface area contributed by atoms with E-state index in [0.29, 0.717) is 12.8 Å². The number of rotatable bonds is 1. The molecule has 2 fully saturated rings. The minimum absolute atomic E-state index is 0.225. The Labute approximate surface area is 78.6 Å². The Morgan fingerprint density at radius 2 is 1.92 bits per heavy atom. The molecule has 0 aromatic rings. The van der Waals surface area contributed by atoms with Gasteiger partial charge in [-0.2, -0.15) is 0 Å². The van der Waals surface area contributed by atoms with Crippen molar-refractivity contribution in [3.05, 3.63) is 0 Å². The van der Waals surface area contributed by atoms with Gasteiger partial charge in [-0.25, -0.2) is 4.39 Å². The van der Waals surface area contributed by atoms with Crippen LogP contribution in [0.2, 0.25) is 0 Å². The van der Waals surface area contributed by atoms with Gasteiger partial charge in [0, 0.05) is 0 Å². The van der Waals surface area contributed by atoms with Crippen LogP contribution in [-0.2, 0) is 9.47 Å². The van der Waals surface area contributed by atoms with Gasteiger partial charge in [-0.3, -0.25) is 0 Å². The van der Waals surface area contributed by atoms with Crippen molar-refractivity contribution in [1.29, 1.82) is 0 Å². The van der Waals surface area contributed by atoms with E-state index in [2.05, 4.69) is 4.81 Å². The zero-order chi connectivity index (χ0) is 9.47. The molecule has 0 radical (unpaired) electrons. The van der Waals surface area contributed by atoms with E-state index in [1.807, 2.05) is 7.98 Å². The van der Waals surface area contributed by atoms with Crippen LogP contribution in [0.15, 0.2) is 0 Å². The monoisotopic (exact) mass is 187 g/mol. The summed E-state index contributed by atoms with van der Waals surface area (Å²) < 4.78 is 24.5. The van der Waals surface area contributed by atoms with E-state index in [1.165, 1.54) is 0 Å². The molecule has 3 nitrogen and oxygen atoms in total. The number of nitrogens with zero attached hydrogens (tertiary/aromatic N) is 1. The second kappa shape index (κ2) is 3.22. The molecule has 0 aromatic carbocycles. The van der Waals surface area contributed by atoms with E-state index in [4.69, 9.17) is 9.47 Å². The molecular formula is C8H15BFNO2. The molecule has 2 heterocycles. The Balaban J connectivity index is 1.90. The highest BCUT2D eigenvalue weighted by Crippen LogP contribution is 2.37. The average molecular weight is 187 g/mol. The Morgan fingerprint density at radius 1 is 1.38 bits per heavy atom. The number of ether oxygens (including phenoxy) is 2. The van der Waals surface area contributed by atoms with Crippen LogP contribution in [0.4, 0.5) is 4.39 Å². The molecular weight excluding hydrogens is 172 g/mol. The molecule has 0 unspecified atom stereocenters. The largest absolute Gasteiger partial charge is 0.348 e. The second-order valence-corrected chi connectivity index (χ2v) is 4.01. The summed E-state index contributed by atoms with van der Waals surface area (Å²) in [6, 6.07) is 0. The van der Waals surface area contributed by atoms with Gasteiger partial charge in [0.2, 0.25) is 0 Å². The minimum Gasteiger partial charge on any atom is -0.348 e. The SMILES string of the molecule is BN1CCC(F)(C2OC(C)O2)CC1. The molecule has 5 heteroatoms. The maximum Gasteiger partial charge on any atom is 0.197 e. The predicted octanol–water partition coefficient (Wildman–Crippen LogP) is 0.0575. The molecule has 0 aliphatic carbocycles. The summed E-state index contributed by atoms with van der Waals surface area (Å²) >= 11 is 0. The molecule has 13 heavy (non-hydrogen) atoms. The molecule has 0 spiro atoms. The number of hydrogen-bond acceptors (Lipinski definition) is 3. The fourth-order valence-electron chi connectivity index (χ4n) is 1.83. The van der Waals surface area contributed by atoms with Crippen LogP contribution in [0.25, 0.3) is 0 Å². The van der Waals surface area contributed by atoms with Gasteiger partial charge in [0.25, 0.3) is 0 Å². The molecule has 2 saturated heterocycles. The van der Waals surface area contributed by atoms with Gasteiger partial charge in [0.15, 0.2) is 26.2 Å². The van der Waals surface area contributed by atoms with Crippen LogP contribution < -0.4 is 0 Å². The van der Waals surface area contributed by atoms with E-state index < -0.39 is 12.0 Å². The quantitative estimate of drug-likeness (QED) is 0.541. The summed E-state index contributed by atoms with van der Waals surface area (Å²) in [5, 5.41) is 0. The van der Waals surface area contributed by atoms with E-state index in [0.717, 1.165) is 13.1 Å². The highest BCUT2D eigenvalue weighted by molar-refractivity contribution is 6.04. The van der Waals surface area contributed by atoms with Crippen LogP contribution in [0.5, 0.6) is 0 Å². The maximum atomic E-state index is 14.1. The van der Waals surface area contributed by atoms with Crippen LogP contribution in [0.1, 0.15) is 19.8 Å². The summed E-state index contributed by atoms with van der Waals surface area (Å²) in [4.78, 5) is 2.12. The minimum atomic E-state index is -1.25. The van der Waals surface area contributed by atoms with Crippen molar-refractivity contribution in [2.75, 3.05) is 13.1 Å². The highest BCUT2D eigenvalue weighted by Gasteiger charge is 2.48. The third kappa shape index (κ3) is 1.73. The second-order valence-electron chi connectivity index (χ2n) is 4.01. The first-order valence-electron chi connectivity index (χ1n) is 4.78. The van der Waals surface area contributed by atoms with E-state index in [-0.39, 0.29) is 6.29 Å². The third-order valence-electron chi connectivity index (χ3n) is 2.87. The van der Waals surface area contributed by atoms with Crippen molar-refractivity contribution in [3.8, 4) is 0 Å². The van der Waals surface area contributed by atoms with Gasteiger partial charge in [0.05, 0.1) is 0 Å². The van der Waals surface area contributed by atoms with Gasteiger partial charge in [-0.05, 0) is 32.9 Å². The third-order valence-corrected chi connectivity index (χ3v) is 2.87. The predicted molar refractivity (Wildman–Crippen MR) is 48.6 cm³/mol. The molecule has 2 aliphatic heterocycles. The van der Waals surface area contributed by atoms with Crippen LogP contribution in [0, 0.1) is 0 Å². The maximum absolute atomic E-state index is 14.1. The Hall–Kier alpha value is -0.125. The van der Waals surface area contributed by atoms with Gasteiger partial charge >= 0.3 is 0 Å². The van der Waals surface area contributed by atoms with Crippen molar-refractivity contribution in [2.45, 2.75) is 38.0 Å². The number of piperidine rings is 1. The lowest BCUT2D eigenvalue weighted by Crippen LogP contribution is -2.56.